The lowest BCUT2D eigenvalue weighted by Crippen LogP contribution is -2.33. The van der Waals surface area contributed by atoms with E-state index < -0.39 is 0 Å². The first-order chi connectivity index (χ1) is 13.1. The predicted molar refractivity (Wildman–Crippen MR) is 104 cm³/mol. The number of carbonyl (C=O) groups is 2. The molecule has 1 N–H and O–H groups in total. The summed E-state index contributed by atoms with van der Waals surface area (Å²) in [4.78, 5) is 31.2. The fourth-order valence-corrected chi connectivity index (χ4v) is 3.19. The number of aromatic nitrogens is 1. The third kappa shape index (κ3) is 4.71. The van der Waals surface area contributed by atoms with Crippen molar-refractivity contribution in [3.63, 3.8) is 0 Å². The summed E-state index contributed by atoms with van der Waals surface area (Å²) in [6.07, 6.45) is 3.54. The summed E-state index contributed by atoms with van der Waals surface area (Å²) in [6, 6.07) is 11.0. The van der Waals surface area contributed by atoms with Crippen LogP contribution in [0.1, 0.15) is 46.2 Å². The molecule has 27 heavy (non-hydrogen) atoms. The normalized spacial score (nSPS) is 16.1. The number of amides is 2. The number of hydrogen-bond acceptors (Lipinski definition) is 4. The number of nitrogens with one attached hydrogen (secondary N) is 1. The summed E-state index contributed by atoms with van der Waals surface area (Å²) in [6.45, 7) is 5.66. The van der Waals surface area contributed by atoms with Crippen LogP contribution in [0.25, 0.3) is 0 Å². The fourth-order valence-electron chi connectivity index (χ4n) is 3.19. The van der Waals surface area contributed by atoms with Gasteiger partial charge in [-0.2, -0.15) is 0 Å². The summed E-state index contributed by atoms with van der Waals surface area (Å²) in [5.41, 5.74) is 2.60. The Labute approximate surface area is 159 Å². The van der Waals surface area contributed by atoms with Gasteiger partial charge in [0.05, 0.1) is 6.10 Å². The van der Waals surface area contributed by atoms with E-state index in [-0.39, 0.29) is 23.6 Å². The van der Waals surface area contributed by atoms with Gasteiger partial charge < -0.3 is 15.0 Å². The van der Waals surface area contributed by atoms with E-state index in [9.17, 15) is 9.59 Å². The lowest BCUT2D eigenvalue weighted by atomic mass is 10.1. The Hall–Kier alpha value is -2.73. The fraction of sp³-hybridized carbons (Fsp3) is 0.381. The molecule has 0 aliphatic carbocycles. The van der Waals surface area contributed by atoms with Crippen LogP contribution in [0.3, 0.4) is 0 Å². The van der Waals surface area contributed by atoms with Crippen molar-refractivity contribution in [2.24, 2.45) is 0 Å². The van der Waals surface area contributed by atoms with Gasteiger partial charge in [0.25, 0.3) is 11.8 Å². The van der Waals surface area contributed by atoms with E-state index in [0.717, 1.165) is 30.7 Å². The second kappa shape index (κ2) is 8.77. The topological polar surface area (TPSA) is 71.5 Å². The Morgan fingerprint density at radius 1 is 1.30 bits per heavy atom. The summed E-state index contributed by atoms with van der Waals surface area (Å²) >= 11 is 0. The molecule has 0 spiro atoms. The number of pyridine rings is 1. The molecule has 142 valence electrons. The number of hydrogen-bond donors (Lipinski definition) is 1. The molecule has 2 heterocycles. The largest absolute Gasteiger partial charge is 0.376 e. The Morgan fingerprint density at radius 2 is 2.15 bits per heavy atom. The van der Waals surface area contributed by atoms with Crippen molar-refractivity contribution in [1.82, 2.24) is 10.3 Å². The van der Waals surface area contributed by atoms with Crippen molar-refractivity contribution in [3.05, 3.63) is 59.4 Å². The molecular weight excluding hydrogens is 342 g/mol. The first kappa shape index (κ1) is 19.0. The lowest BCUT2D eigenvalue weighted by Gasteiger charge is -2.21. The van der Waals surface area contributed by atoms with E-state index in [0.29, 0.717) is 18.7 Å². The number of rotatable bonds is 6. The van der Waals surface area contributed by atoms with Crippen molar-refractivity contribution < 1.29 is 14.3 Å². The van der Waals surface area contributed by atoms with Crippen LogP contribution in [-0.2, 0) is 4.74 Å². The highest BCUT2D eigenvalue weighted by molar-refractivity contribution is 6.07. The van der Waals surface area contributed by atoms with Gasteiger partial charge in [-0.1, -0.05) is 12.1 Å². The predicted octanol–water partition coefficient (Wildman–Crippen LogP) is 2.97. The van der Waals surface area contributed by atoms with Crippen molar-refractivity contribution in [2.45, 2.75) is 32.8 Å². The van der Waals surface area contributed by atoms with Crippen LogP contribution in [0, 0.1) is 6.92 Å². The molecule has 1 atom stereocenters. The standard InChI is InChI=1S/C21H25N3O3/c1-3-24(17-7-4-6-15(2)12-17)21(26)16-9-10-22-19(13-16)20(25)23-14-18-8-5-11-27-18/h4,6-7,9-10,12-13,18H,3,5,8,11,14H2,1-2H3,(H,23,25). The van der Waals surface area contributed by atoms with E-state index in [1.165, 1.54) is 6.20 Å². The Morgan fingerprint density at radius 3 is 2.85 bits per heavy atom. The number of ether oxygens (including phenoxy) is 1. The molecule has 1 aliphatic heterocycles. The van der Waals surface area contributed by atoms with E-state index >= 15 is 0 Å². The van der Waals surface area contributed by atoms with Gasteiger partial charge in [0.15, 0.2) is 0 Å². The van der Waals surface area contributed by atoms with Crippen LogP contribution in [0.4, 0.5) is 5.69 Å². The molecule has 6 heteroatoms. The van der Waals surface area contributed by atoms with Gasteiger partial charge in [0.2, 0.25) is 0 Å². The Bertz CT molecular complexity index is 816. The van der Waals surface area contributed by atoms with Crippen LogP contribution < -0.4 is 10.2 Å². The van der Waals surface area contributed by atoms with Crippen molar-refractivity contribution in [2.75, 3.05) is 24.6 Å². The molecule has 0 saturated carbocycles. The smallest absolute Gasteiger partial charge is 0.269 e. The molecular formula is C21H25N3O3. The van der Waals surface area contributed by atoms with Crippen LogP contribution in [0.15, 0.2) is 42.6 Å². The lowest BCUT2D eigenvalue weighted by molar-refractivity contribution is 0.0853. The third-order valence-electron chi connectivity index (χ3n) is 4.63. The minimum Gasteiger partial charge on any atom is -0.376 e. The van der Waals surface area contributed by atoms with Crippen molar-refractivity contribution in [3.8, 4) is 0 Å². The molecule has 1 unspecified atom stereocenters. The molecule has 0 bridgehead atoms. The van der Waals surface area contributed by atoms with Gasteiger partial charge in [-0.15, -0.1) is 0 Å². The average Bonchev–Trinajstić information content (AvgIpc) is 3.20. The maximum absolute atomic E-state index is 13.0. The quantitative estimate of drug-likeness (QED) is 0.852. The second-order valence-electron chi connectivity index (χ2n) is 6.66. The molecule has 1 fully saturated rings. The maximum atomic E-state index is 13.0. The molecule has 2 aromatic rings. The number of anilines is 1. The third-order valence-corrected chi connectivity index (χ3v) is 4.63. The van der Waals surface area contributed by atoms with Crippen LogP contribution >= 0.6 is 0 Å². The zero-order chi connectivity index (χ0) is 19.2. The average molecular weight is 367 g/mol. The van der Waals surface area contributed by atoms with E-state index in [1.54, 1.807) is 17.0 Å². The maximum Gasteiger partial charge on any atom is 0.269 e. The summed E-state index contributed by atoms with van der Waals surface area (Å²) in [7, 11) is 0. The highest BCUT2D eigenvalue weighted by Gasteiger charge is 2.20. The molecule has 1 aliphatic rings. The first-order valence-corrected chi connectivity index (χ1v) is 9.33. The molecule has 3 rings (SSSR count). The van der Waals surface area contributed by atoms with Gasteiger partial charge in [0, 0.05) is 37.1 Å². The molecule has 0 radical (unpaired) electrons. The highest BCUT2D eigenvalue weighted by Crippen LogP contribution is 2.19. The van der Waals surface area contributed by atoms with Gasteiger partial charge in [-0.3, -0.25) is 14.6 Å². The van der Waals surface area contributed by atoms with Crippen LogP contribution in [0.2, 0.25) is 0 Å². The summed E-state index contributed by atoms with van der Waals surface area (Å²) in [5, 5.41) is 2.84. The number of carbonyl (C=O) groups excluding carboxylic acids is 2. The molecule has 1 saturated heterocycles. The Balaban J connectivity index is 1.73. The van der Waals surface area contributed by atoms with Crippen LogP contribution in [0.5, 0.6) is 0 Å². The van der Waals surface area contributed by atoms with Gasteiger partial charge >= 0.3 is 0 Å². The molecule has 1 aromatic heterocycles. The SMILES string of the molecule is CCN(C(=O)c1ccnc(C(=O)NCC2CCCO2)c1)c1cccc(C)c1. The molecule has 2 amide bonds. The number of nitrogens with zero attached hydrogens (tertiary/aromatic N) is 2. The van der Waals surface area contributed by atoms with Gasteiger partial charge in [-0.25, -0.2) is 0 Å². The zero-order valence-electron chi connectivity index (χ0n) is 15.8. The van der Waals surface area contributed by atoms with Crippen molar-refractivity contribution in [1.29, 1.82) is 0 Å². The van der Waals surface area contributed by atoms with Crippen molar-refractivity contribution >= 4 is 17.5 Å². The highest BCUT2D eigenvalue weighted by atomic mass is 16.5. The van der Waals surface area contributed by atoms with E-state index in [1.807, 2.05) is 38.1 Å². The number of aryl methyl sites for hydroxylation is 1. The molecule has 1 aromatic carbocycles. The Kier molecular flexibility index (Phi) is 6.19. The van der Waals surface area contributed by atoms with Crippen LogP contribution in [-0.4, -0.2) is 42.6 Å². The minimum atomic E-state index is -0.293. The van der Waals surface area contributed by atoms with E-state index in [2.05, 4.69) is 10.3 Å². The summed E-state index contributed by atoms with van der Waals surface area (Å²) < 4.78 is 5.51. The van der Waals surface area contributed by atoms with E-state index in [4.69, 9.17) is 4.74 Å². The zero-order valence-corrected chi connectivity index (χ0v) is 15.8. The summed E-state index contributed by atoms with van der Waals surface area (Å²) in [5.74, 6) is -0.447. The first-order valence-electron chi connectivity index (χ1n) is 9.33. The minimum absolute atomic E-state index is 0.0654. The molecule has 6 nitrogen and oxygen atoms in total. The van der Waals surface area contributed by atoms with Gasteiger partial charge in [0.1, 0.15) is 5.69 Å². The van der Waals surface area contributed by atoms with Gasteiger partial charge in [-0.05, 0) is 56.5 Å². The second-order valence-corrected chi connectivity index (χ2v) is 6.66. The monoisotopic (exact) mass is 367 g/mol. The number of benzene rings is 1.